The Labute approximate surface area is 113 Å². The molecule has 1 aromatic carbocycles. The summed E-state index contributed by atoms with van der Waals surface area (Å²) in [5.41, 5.74) is 8.89. The van der Waals surface area contributed by atoms with E-state index >= 15 is 0 Å². The molecule has 0 amide bonds. The van der Waals surface area contributed by atoms with Gasteiger partial charge in [-0.3, -0.25) is 0 Å². The topological polar surface area (TPSA) is 46.3 Å². The maximum atomic E-state index is 3.23. The summed E-state index contributed by atoms with van der Waals surface area (Å²) in [7, 11) is 0. The number of H-pyrrole nitrogens is 1. The van der Waals surface area contributed by atoms with Crippen molar-refractivity contribution < 1.29 is 0 Å². The monoisotopic (exact) mass is 259 g/mol. The predicted octanol–water partition coefficient (Wildman–Crippen LogP) is 1.32. The van der Waals surface area contributed by atoms with E-state index in [2.05, 4.69) is 57.0 Å². The molecule has 2 aromatic rings. The molecule has 5 nitrogen and oxygen atoms in total. The molecule has 0 unspecified atom stereocenters. The van der Waals surface area contributed by atoms with Gasteiger partial charge in [-0.05, 0) is 24.3 Å². The minimum atomic E-state index is 0.935. The van der Waals surface area contributed by atoms with Gasteiger partial charge in [-0.25, -0.2) is 10.4 Å². The maximum absolute atomic E-state index is 3.23. The second-order valence-electron chi connectivity index (χ2n) is 4.87. The van der Waals surface area contributed by atoms with Crippen LogP contribution in [0.25, 0.3) is 10.9 Å². The lowest BCUT2D eigenvalue weighted by Crippen LogP contribution is -2.55. The Kier molecular flexibility index (Phi) is 3.68. The van der Waals surface area contributed by atoms with Crippen molar-refractivity contribution >= 4 is 16.6 Å². The number of aromatic amines is 1. The molecule has 0 aliphatic carbocycles. The van der Waals surface area contributed by atoms with Crippen LogP contribution in [0.15, 0.2) is 30.5 Å². The fraction of sp³-hybridized carbons (Fsp3) is 0.429. The van der Waals surface area contributed by atoms with Gasteiger partial charge in [0, 0.05) is 55.5 Å². The molecule has 1 aliphatic rings. The quantitative estimate of drug-likeness (QED) is 0.725. The molecule has 0 radical (unpaired) electrons. The average Bonchev–Trinajstić information content (AvgIpc) is 2.93. The van der Waals surface area contributed by atoms with Gasteiger partial charge < -0.3 is 9.88 Å². The third-order valence-electron chi connectivity index (χ3n) is 3.60. The summed E-state index contributed by atoms with van der Waals surface area (Å²) in [4.78, 5) is 5.68. The predicted molar refractivity (Wildman–Crippen MR) is 78.9 cm³/mol. The van der Waals surface area contributed by atoms with Crippen molar-refractivity contribution in [2.24, 2.45) is 0 Å². The molecule has 0 spiro atoms. The van der Waals surface area contributed by atoms with Crippen molar-refractivity contribution in [2.75, 3.05) is 37.6 Å². The number of rotatable bonds is 4. The normalized spacial score (nSPS) is 17.2. The lowest BCUT2D eigenvalue weighted by molar-refractivity contribution is 0.145. The zero-order valence-electron chi connectivity index (χ0n) is 11.3. The first-order valence-corrected chi connectivity index (χ1v) is 6.92. The molecule has 1 fully saturated rings. The SMILES string of the molecule is CCNNN1CCN(c2ccc3[nH]ccc3c2)CC1. The third kappa shape index (κ3) is 2.73. The van der Waals surface area contributed by atoms with Crippen molar-refractivity contribution in [1.82, 2.24) is 21.0 Å². The van der Waals surface area contributed by atoms with Crippen LogP contribution in [0.1, 0.15) is 6.92 Å². The van der Waals surface area contributed by atoms with Crippen LogP contribution in [0.3, 0.4) is 0 Å². The summed E-state index contributed by atoms with van der Waals surface area (Å²) in [5, 5.41) is 3.51. The number of hydrogen-bond donors (Lipinski definition) is 3. The van der Waals surface area contributed by atoms with Crippen LogP contribution in [0.4, 0.5) is 5.69 Å². The molecule has 102 valence electrons. The summed E-state index contributed by atoms with van der Waals surface area (Å²) < 4.78 is 0. The second-order valence-corrected chi connectivity index (χ2v) is 4.87. The summed E-state index contributed by atoms with van der Waals surface area (Å²) in [6.07, 6.45) is 1.99. The number of nitrogens with one attached hydrogen (secondary N) is 3. The fourth-order valence-corrected chi connectivity index (χ4v) is 2.50. The number of hydrazine groups is 2. The summed E-state index contributed by atoms with van der Waals surface area (Å²) >= 11 is 0. The van der Waals surface area contributed by atoms with E-state index in [1.165, 1.54) is 16.6 Å². The molecular weight excluding hydrogens is 238 g/mol. The van der Waals surface area contributed by atoms with E-state index in [1.54, 1.807) is 0 Å². The highest BCUT2D eigenvalue weighted by molar-refractivity contribution is 5.83. The van der Waals surface area contributed by atoms with E-state index < -0.39 is 0 Å². The minimum Gasteiger partial charge on any atom is -0.369 e. The van der Waals surface area contributed by atoms with Gasteiger partial charge in [0.25, 0.3) is 0 Å². The van der Waals surface area contributed by atoms with E-state index in [9.17, 15) is 0 Å². The van der Waals surface area contributed by atoms with Gasteiger partial charge in [0.2, 0.25) is 0 Å². The highest BCUT2D eigenvalue weighted by atomic mass is 15.7. The van der Waals surface area contributed by atoms with Gasteiger partial charge in [-0.15, -0.1) is 0 Å². The molecule has 0 atom stereocenters. The number of piperazine rings is 1. The number of hydrogen-bond acceptors (Lipinski definition) is 4. The Bertz CT molecular complexity index is 527. The zero-order valence-corrected chi connectivity index (χ0v) is 11.3. The number of aromatic nitrogens is 1. The first-order chi connectivity index (χ1) is 9.36. The van der Waals surface area contributed by atoms with E-state index in [0.29, 0.717) is 0 Å². The third-order valence-corrected chi connectivity index (χ3v) is 3.60. The standard InChI is InChI=1S/C14H21N5/c1-2-16-17-19-9-7-18(8-10-19)13-3-4-14-12(11-13)5-6-15-14/h3-6,11,15-17H,2,7-10H2,1H3. The van der Waals surface area contributed by atoms with Gasteiger partial charge in [0.05, 0.1) is 0 Å². The van der Waals surface area contributed by atoms with Crippen LogP contribution < -0.4 is 15.9 Å². The maximum Gasteiger partial charge on any atom is 0.0455 e. The van der Waals surface area contributed by atoms with Gasteiger partial charge in [-0.2, -0.15) is 5.53 Å². The zero-order chi connectivity index (χ0) is 13.1. The smallest absolute Gasteiger partial charge is 0.0455 e. The summed E-state index contributed by atoms with van der Waals surface area (Å²) in [5.74, 6) is 0. The Balaban J connectivity index is 1.64. The molecule has 1 saturated heterocycles. The molecule has 3 rings (SSSR count). The Morgan fingerprint density at radius 3 is 2.79 bits per heavy atom. The fourth-order valence-electron chi connectivity index (χ4n) is 2.50. The van der Waals surface area contributed by atoms with Crippen LogP contribution >= 0.6 is 0 Å². The Morgan fingerprint density at radius 1 is 1.16 bits per heavy atom. The van der Waals surface area contributed by atoms with Crippen molar-refractivity contribution in [1.29, 1.82) is 0 Å². The van der Waals surface area contributed by atoms with Crippen molar-refractivity contribution in [2.45, 2.75) is 6.92 Å². The van der Waals surface area contributed by atoms with Gasteiger partial charge in [0.1, 0.15) is 0 Å². The van der Waals surface area contributed by atoms with Gasteiger partial charge in [-0.1, -0.05) is 6.92 Å². The molecule has 5 heteroatoms. The molecule has 1 aromatic heterocycles. The Morgan fingerprint density at radius 2 is 2.00 bits per heavy atom. The molecular formula is C14H21N5. The van der Waals surface area contributed by atoms with Crippen molar-refractivity contribution in [3.05, 3.63) is 30.5 Å². The highest BCUT2D eigenvalue weighted by Gasteiger charge is 2.16. The van der Waals surface area contributed by atoms with Crippen molar-refractivity contribution in [3.63, 3.8) is 0 Å². The molecule has 0 saturated carbocycles. The van der Waals surface area contributed by atoms with Gasteiger partial charge in [0.15, 0.2) is 0 Å². The lowest BCUT2D eigenvalue weighted by Gasteiger charge is -2.36. The number of anilines is 1. The molecule has 3 N–H and O–H groups in total. The number of benzene rings is 1. The molecule has 2 heterocycles. The van der Waals surface area contributed by atoms with E-state index in [1.807, 2.05) is 6.20 Å². The highest BCUT2D eigenvalue weighted by Crippen LogP contribution is 2.22. The minimum absolute atomic E-state index is 0.935. The Hall–Kier alpha value is -1.56. The van der Waals surface area contributed by atoms with Crippen LogP contribution in [0, 0.1) is 0 Å². The number of nitrogens with zero attached hydrogens (tertiary/aromatic N) is 2. The summed E-state index contributed by atoms with van der Waals surface area (Å²) in [6.45, 7) is 7.18. The van der Waals surface area contributed by atoms with Gasteiger partial charge >= 0.3 is 0 Å². The van der Waals surface area contributed by atoms with Crippen molar-refractivity contribution in [3.8, 4) is 0 Å². The largest absolute Gasteiger partial charge is 0.369 e. The van der Waals surface area contributed by atoms with E-state index in [0.717, 1.165) is 32.7 Å². The van der Waals surface area contributed by atoms with Crippen LogP contribution in [0.2, 0.25) is 0 Å². The molecule has 1 aliphatic heterocycles. The first kappa shape index (κ1) is 12.5. The number of fused-ring (bicyclic) bond motifs is 1. The summed E-state index contributed by atoms with van der Waals surface area (Å²) in [6, 6.07) is 8.75. The lowest BCUT2D eigenvalue weighted by atomic mass is 10.2. The molecule has 19 heavy (non-hydrogen) atoms. The molecule has 0 bridgehead atoms. The van der Waals surface area contributed by atoms with Crippen LogP contribution in [0.5, 0.6) is 0 Å². The van der Waals surface area contributed by atoms with E-state index in [-0.39, 0.29) is 0 Å². The van der Waals surface area contributed by atoms with Crippen LogP contribution in [-0.2, 0) is 0 Å². The van der Waals surface area contributed by atoms with E-state index in [4.69, 9.17) is 0 Å². The first-order valence-electron chi connectivity index (χ1n) is 6.92. The average molecular weight is 259 g/mol. The second kappa shape index (κ2) is 5.61. The van der Waals surface area contributed by atoms with Crippen LogP contribution in [-0.4, -0.2) is 42.7 Å².